The number of amides is 1. The third-order valence-electron chi connectivity index (χ3n) is 5.19. The van der Waals surface area contributed by atoms with Gasteiger partial charge in [0.1, 0.15) is 11.3 Å². The molecule has 1 aliphatic heterocycles. The van der Waals surface area contributed by atoms with Gasteiger partial charge in [0.2, 0.25) is 5.91 Å². The molecular weight excluding hydrogens is 443 g/mol. The number of nitrogens with zero attached hydrogens (tertiary/aromatic N) is 4. The molecule has 9 heteroatoms. The topological polar surface area (TPSA) is 48.9 Å². The first-order valence-electron chi connectivity index (χ1n) is 9.58. The molecule has 1 aliphatic rings. The van der Waals surface area contributed by atoms with Gasteiger partial charge in [-0.15, -0.1) is 0 Å². The predicted molar refractivity (Wildman–Crippen MR) is 125 cm³/mol. The summed E-state index contributed by atoms with van der Waals surface area (Å²) >= 11 is 13.7. The molecule has 2 aromatic carbocycles. The average Bonchev–Trinajstić information content (AvgIpc) is 3.20. The molecule has 3 aromatic rings. The van der Waals surface area contributed by atoms with Crippen LogP contribution in [0.4, 0.5) is 10.8 Å². The highest BCUT2D eigenvalue weighted by molar-refractivity contribution is 7.22. The number of hydrogen-bond donors (Lipinski definition) is 0. The Bertz CT molecular complexity index is 1070. The normalized spacial score (nSPS) is 14.3. The van der Waals surface area contributed by atoms with Crippen molar-refractivity contribution in [2.24, 2.45) is 0 Å². The summed E-state index contributed by atoms with van der Waals surface area (Å²) in [5.41, 5.74) is 1.85. The molecule has 0 bridgehead atoms. The summed E-state index contributed by atoms with van der Waals surface area (Å²) in [5, 5.41) is 1.89. The minimum atomic E-state index is 0.0949. The van der Waals surface area contributed by atoms with Crippen molar-refractivity contribution >= 4 is 61.5 Å². The second-order valence-electron chi connectivity index (χ2n) is 7.13. The molecule has 1 aromatic heterocycles. The fraction of sp³-hybridized carbons (Fsp3) is 0.333. The lowest BCUT2D eigenvalue weighted by Crippen LogP contribution is -2.51. The fourth-order valence-electron chi connectivity index (χ4n) is 3.51. The van der Waals surface area contributed by atoms with Gasteiger partial charge in [-0.05, 0) is 30.3 Å². The number of halogens is 2. The van der Waals surface area contributed by atoms with E-state index in [0.717, 1.165) is 39.9 Å². The molecule has 1 saturated heterocycles. The average molecular weight is 465 g/mol. The van der Waals surface area contributed by atoms with Crippen molar-refractivity contribution in [3.8, 4) is 5.75 Å². The molecule has 0 saturated carbocycles. The summed E-state index contributed by atoms with van der Waals surface area (Å²) in [7, 11) is 3.53. The molecule has 1 fully saturated rings. The van der Waals surface area contributed by atoms with E-state index >= 15 is 0 Å². The standard InChI is InChI=1S/C21H22Cl2N4O2S/c1-25(21-24-20-17(29-2)4-3-5-18(20)30-21)13-19(28)27-10-8-26(9-11-27)14-6-7-15(22)16(23)12-14/h3-7,12H,8-11,13H2,1-2H3. The Balaban J connectivity index is 1.37. The number of benzene rings is 2. The van der Waals surface area contributed by atoms with E-state index in [1.165, 1.54) is 0 Å². The first-order valence-corrected chi connectivity index (χ1v) is 11.2. The molecule has 0 atom stereocenters. The molecule has 158 valence electrons. The van der Waals surface area contributed by atoms with E-state index in [2.05, 4.69) is 9.88 Å². The van der Waals surface area contributed by atoms with E-state index in [0.29, 0.717) is 23.1 Å². The van der Waals surface area contributed by atoms with Crippen molar-refractivity contribution in [3.05, 3.63) is 46.4 Å². The van der Waals surface area contributed by atoms with Gasteiger partial charge in [-0.2, -0.15) is 0 Å². The number of para-hydroxylation sites is 1. The smallest absolute Gasteiger partial charge is 0.242 e. The van der Waals surface area contributed by atoms with E-state index in [4.69, 9.17) is 27.9 Å². The van der Waals surface area contributed by atoms with Gasteiger partial charge in [0.15, 0.2) is 5.13 Å². The lowest BCUT2D eigenvalue weighted by molar-refractivity contribution is -0.129. The lowest BCUT2D eigenvalue weighted by Gasteiger charge is -2.36. The van der Waals surface area contributed by atoms with Crippen LogP contribution in [0.1, 0.15) is 0 Å². The lowest BCUT2D eigenvalue weighted by atomic mass is 10.2. The molecule has 0 radical (unpaired) electrons. The Hall–Kier alpha value is -2.22. The monoisotopic (exact) mass is 464 g/mol. The van der Waals surface area contributed by atoms with E-state index < -0.39 is 0 Å². The fourth-order valence-corrected chi connectivity index (χ4v) is 4.74. The van der Waals surface area contributed by atoms with Crippen LogP contribution in [0.2, 0.25) is 10.0 Å². The van der Waals surface area contributed by atoms with Gasteiger partial charge >= 0.3 is 0 Å². The third-order valence-corrected chi connectivity index (χ3v) is 7.06. The van der Waals surface area contributed by atoms with E-state index in [-0.39, 0.29) is 12.5 Å². The number of hydrogen-bond acceptors (Lipinski definition) is 6. The van der Waals surface area contributed by atoms with Crippen LogP contribution in [-0.4, -0.2) is 62.7 Å². The zero-order valence-corrected chi connectivity index (χ0v) is 19.1. The number of aromatic nitrogens is 1. The number of rotatable bonds is 5. The van der Waals surface area contributed by atoms with Crippen LogP contribution in [0.3, 0.4) is 0 Å². The maximum Gasteiger partial charge on any atom is 0.242 e. The highest BCUT2D eigenvalue weighted by Gasteiger charge is 2.23. The zero-order chi connectivity index (χ0) is 21.3. The molecule has 0 spiro atoms. The van der Waals surface area contributed by atoms with Gasteiger partial charge in [0.25, 0.3) is 0 Å². The maximum atomic E-state index is 12.8. The van der Waals surface area contributed by atoms with Crippen LogP contribution in [0.5, 0.6) is 5.75 Å². The summed E-state index contributed by atoms with van der Waals surface area (Å²) in [6.07, 6.45) is 0. The number of fused-ring (bicyclic) bond motifs is 1. The SMILES string of the molecule is COc1cccc2sc(N(C)CC(=O)N3CCN(c4ccc(Cl)c(Cl)c4)CC3)nc12. The Morgan fingerprint density at radius 2 is 1.93 bits per heavy atom. The second-order valence-corrected chi connectivity index (χ2v) is 8.95. The van der Waals surface area contributed by atoms with Gasteiger partial charge in [0, 0.05) is 38.9 Å². The minimum absolute atomic E-state index is 0.0949. The molecule has 6 nitrogen and oxygen atoms in total. The van der Waals surface area contributed by atoms with Crippen LogP contribution >= 0.6 is 34.5 Å². The summed E-state index contributed by atoms with van der Waals surface area (Å²) in [5.74, 6) is 0.839. The van der Waals surface area contributed by atoms with Crippen molar-refractivity contribution in [2.45, 2.75) is 0 Å². The molecule has 0 aliphatic carbocycles. The Morgan fingerprint density at radius 3 is 2.63 bits per heavy atom. The van der Waals surface area contributed by atoms with Crippen molar-refractivity contribution in [3.63, 3.8) is 0 Å². The maximum absolute atomic E-state index is 12.8. The second kappa shape index (κ2) is 8.88. The molecule has 2 heterocycles. The van der Waals surface area contributed by atoms with Crippen molar-refractivity contribution in [1.82, 2.24) is 9.88 Å². The molecule has 30 heavy (non-hydrogen) atoms. The number of piperazine rings is 1. The number of carbonyl (C=O) groups excluding carboxylic acids is 1. The van der Waals surface area contributed by atoms with Crippen molar-refractivity contribution in [1.29, 1.82) is 0 Å². The zero-order valence-electron chi connectivity index (χ0n) is 16.8. The number of methoxy groups -OCH3 is 1. The van der Waals surface area contributed by atoms with Crippen LogP contribution in [0.15, 0.2) is 36.4 Å². The van der Waals surface area contributed by atoms with Gasteiger partial charge in [0.05, 0.1) is 28.4 Å². The van der Waals surface area contributed by atoms with Crippen LogP contribution < -0.4 is 14.5 Å². The van der Waals surface area contributed by atoms with Gasteiger partial charge in [-0.1, -0.05) is 40.6 Å². The van der Waals surface area contributed by atoms with Crippen LogP contribution in [-0.2, 0) is 4.79 Å². The molecular formula is C21H22Cl2N4O2S. The third kappa shape index (κ3) is 4.29. The first kappa shape index (κ1) is 21.0. The Morgan fingerprint density at radius 1 is 1.17 bits per heavy atom. The number of anilines is 2. The number of ether oxygens (including phenoxy) is 1. The number of likely N-dealkylation sites (N-methyl/N-ethyl adjacent to an activating group) is 1. The van der Waals surface area contributed by atoms with Gasteiger partial charge in [-0.3, -0.25) is 4.79 Å². The van der Waals surface area contributed by atoms with E-state index in [1.54, 1.807) is 24.5 Å². The van der Waals surface area contributed by atoms with E-state index in [9.17, 15) is 4.79 Å². The molecule has 1 amide bonds. The Kier molecular flexibility index (Phi) is 6.22. The highest BCUT2D eigenvalue weighted by Crippen LogP contribution is 2.33. The molecule has 0 N–H and O–H groups in total. The molecule has 4 rings (SSSR count). The summed E-state index contributed by atoms with van der Waals surface area (Å²) in [4.78, 5) is 23.5. The predicted octanol–water partition coefficient (Wildman–Crippen LogP) is 4.40. The summed E-state index contributed by atoms with van der Waals surface area (Å²) in [6.45, 7) is 3.13. The van der Waals surface area contributed by atoms with Gasteiger partial charge < -0.3 is 19.4 Å². The first-order chi connectivity index (χ1) is 14.5. The van der Waals surface area contributed by atoms with Crippen LogP contribution in [0, 0.1) is 0 Å². The number of thiazole rings is 1. The van der Waals surface area contributed by atoms with Crippen LogP contribution in [0.25, 0.3) is 10.2 Å². The van der Waals surface area contributed by atoms with Crippen molar-refractivity contribution in [2.75, 3.05) is 56.7 Å². The molecule has 0 unspecified atom stereocenters. The quantitative estimate of drug-likeness (QED) is 0.559. The summed E-state index contributed by atoms with van der Waals surface area (Å²) < 4.78 is 6.43. The number of carbonyl (C=O) groups is 1. The minimum Gasteiger partial charge on any atom is -0.494 e. The van der Waals surface area contributed by atoms with E-state index in [1.807, 2.05) is 47.2 Å². The largest absolute Gasteiger partial charge is 0.494 e. The van der Waals surface area contributed by atoms with Crippen molar-refractivity contribution < 1.29 is 9.53 Å². The van der Waals surface area contributed by atoms with Gasteiger partial charge in [-0.25, -0.2) is 4.98 Å². The summed E-state index contributed by atoms with van der Waals surface area (Å²) in [6, 6.07) is 11.5. The highest BCUT2D eigenvalue weighted by atomic mass is 35.5. The Labute approximate surface area is 189 Å².